The van der Waals surface area contributed by atoms with Crippen molar-refractivity contribution >= 4 is 5.91 Å². The Morgan fingerprint density at radius 2 is 2.18 bits per heavy atom. The molecule has 1 fully saturated rings. The van der Waals surface area contributed by atoms with Crippen molar-refractivity contribution in [1.82, 2.24) is 0 Å². The van der Waals surface area contributed by atoms with Crippen LogP contribution in [0, 0.1) is 17.8 Å². The van der Waals surface area contributed by atoms with Gasteiger partial charge in [-0.2, -0.15) is 0 Å². The zero-order chi connectivity index (χ0) is 8.43. The number of hydrogen-bond acceptors (Lipinski definition) is 1. The van der Waals surface area contributed by atoms with E-state index >= 15 is 0 Å². The van der Waals surface area contributed by atoms with Gasteiger partial charge in [-0.15, -0.1) is 0 Å². The monoisotopic (exact) mass is 155 g/mol. The maximum Gasteiger partial charge on any atom is 0.217 e. The van der Waals surface area contributed by atoms with Crippen LogP contribution in [0.5, 0.6) is 0 Å². The fourth-order valence-electron chi connectivity index (χ4n) is 1.71. The van der Waals surface area contributed by atoms with Crippen LogP contribution in [0.1, 0.15) is 33.1 Å². The van der Waals surface area contributed by atoms with Crippen LogP contribution in [0.2, 0.25) is 0 Å². The Balaban J connectivity index is 2.11. The largest absolute Gasteiger partial charge is 0.370 e. The normalized spacial score (nSPS) is 29.0. The van der Waals surface area contributed by atoms with E-state index in [0.29, 0.717) is 12.3 Å². The molecule has 1 aliphatic rings. The molecule has 2 heteroatoms. The molecule has 2 atom stereocenters. The third-order valence-electron chi connectivity index (χ3n) is 2.31. The molecule has 1 aliphatic carbocycles. The third-order valence-corrected chi connectivity index (χ3v) is 2.31. The van der Waals surface area contributed by atoms with Crippen LogP contribution < -0.4 is 5.73 Å². The Hall–Kier alpha value is -0.530. The van der Waals surface area contributed by atoms with Crippen LogP contribution in [0.4, 0.5) is 0 Å². The lowest BCUT2D eigenvalue weighted by molar-refractivity contribution is -0.118. The highest BCUT2D eigenvalue weighted by Gasteiger charge is 2.37. The maximum absolute atomic E-state index is 10.5. The molecule has 0 radical (unpaired) electrons. The fourth-order valence-corrected chi connectivity index (χ4v) is 1.71. The molecule has 2 N–H and O–H groups in total. The molecule has 0 heterocycles. The summed E-state index contributed by atoms with van der Waals surface area (Å²) in [6, 6.07) is 0. The molecule has 2 unspecified atom stereocenters. The second-order valence-corrected chi connectivity index (χ2v) is 4.06. The van der Waals surface area contributed by atoms with Gasteiger partial charge >= 0.3 is 0 Å². The first-order chi connectivity index (χ1) is 5.09. The number of carbonyl (C=O) groups excluding carboxylic acids is 1. The summed E-state index contributed by atoms with van der Waals surface area (Å²) in [5.74, 6) is 2.04. The first-order valence-corrected chi connectivity index (χ1v) is 4.38. The highest BCUT2D eigenvalue weighted by molar-refractivity contribution is 5.74. The summed E-state index contributed by atoms with van der Waals surface area (Å²) in [4.78, 5) is 10.5. The molecule has 0 aliphatic heterocycles. The van der Waals surface area contributed by atoms with Crippen LogP contribution in [-0.4, -0.2) is 5.91 Å². The molecular formula is C9H17NO. The van der Waals surface area contributed by atoms with E-state index in [4.69, 9.17) is 5.73 Å². The summed E-state index contributed by atoms with van der Waals surface area (Å²) in [6.07, 6.45) is 3.09. The standard InChI is InChI=1S/C9H17NO/c1-6(2)3-7-4-8(7)5-9(10)11/h6-8H,3-5H2,1-2H3,(H2,10,11). The molecule has 0 saturated heterocycles. The van der Waals surface area contributed by atoms with Gasteiger partial charge in [-0.05, 0) is 30.6 Å². The quantitative estimate of drug-likeness (QED) is 0.657. The van der Waals surface area contributed by atoms with E-state index < -0.39 is 0 Å². The minimum absolute atomic E-state index is 0.138. The zero-order valence-corrected chi connectivity index (χ0v) is 7.34. The Bertz CT molecular complexity index is 154. The van der Waals surface area contributed by atoms with E-state index in [-0.39, 0.29) is 5.91 Å². The van der Waals surface area contributed by atoms with E-state index in [1.165, 1.54) is 12.8 Å². The van der Waals surface area contributed by atoms with Gasteiger partial charge in [0.15, 0.2) is 0 Å². The highest BCUT2D eigenvalue weighted by Crippen LogP contribution is 2.45. The second kappa shape index (κ2) is 3.24. The van der Waals surface area contributed by atoms with Crippen molar-refractivity contribution in [1.29, 1.82) is 0 Å². The molecule has 0 aromatic heterocycles. The van der Waals surface area contributed by atoms with Gasteiger partial charge in [-0.1, -0.05) is 13.8 Å². The second-order valence-electron chi connectivity index (χ2n) is 4.06. The summed E-state index contributed by atoms with van der Waals surface area (Å²) in [7, 11) is 0. The molecule has 0 spiro atoms. The SMILES string of the molecule is CC(C)CC1CC1CC(N)=O. The fraction of sp³-hybridized carbons (Fsp3) is 0.889. The van der Waals surface area contributed by atoms with Crippen LogP contribution in [-0.2, 0) is 4.79 Å². The van der Waals surface area contributed by atoms with E-state index in [1.807, 2.05) is 0 Å². The summed E-state index contributed by atoms with van der Waals surface area (Å²) >= 11 is 0. The van der Waals surface area contributed by atoms with Crippen molar-refractivity contribution in [2.24, 2.45) is 23.5 Å². The predicted molar refractivity (Wildman–Crippen MR) is 44.9 cm³/mol. The maximum atomic E-state index is 10.5. The first-order valence-electron chi connectivity index (χ1n) is 4.38. The lowest BCUT2D eigenvalue weighted by Crippen LogP contribution is -2.11. The average molecular weight is 155 g/mol. The number of primary amides is 1. The molecule has 1 rings (SSSR count). The number of hydrogen-bond donors (Lipinski definition) is 1. The first kappa shape index (κ1) is 8.57. The molecule has 64 valence electrons. The van der Waals surface area contributed by atoms with Gasteiger partial charge in [0.1, 0.15) is 0 Å². The van der Waals surface area contributed by atoms with E-state index in [1.54, 1.807) is 0 Å². The van der Waals surface area contributed by atoms with E-state index in [9.17, 15) is 4.79 Å². The Kier molecular flexibility index (Phi) is 2.53. The summed E-state index contributed by atoms with van der Waals surface area (Å²) in [6.45, 7) is 4.44. The average Bonchev–Trinajstić information content (AvgIpc) is 2.43. The summed E-state index contributed by atoms with van der Waals surface area (Å²) in [5.41, 5.74) is 5.09. The minimum Gasteiger partial charge on any atom is -0.370 e. The van der Waals surface area contributed by atoms with E-state index in [0.717, 1.165) is 11.8 Å². The zero-order valence-electron chi connectivity index (χ0n) is 7.34. The highest BCUT2D eigenvalue weighted by atomic mass is 16.1. The van der Waals surface area contributed by atoms with Crippen molar-refractivity contribution in [3.05, 3.63) is 0 Å². The molecule has 0 aromatic carbocycles. The number of nitrogens with two attached hydrogens (primary N) is 1. The lowest BCUT2D eigenvalue weighted by atomic mass is 10.1. The number of amides is 1. The van der Waals surface area contributed by atoms with Gasteiger partial charge in [0.05, 0.1) is 0 Å². The van der Waals surface area contributed by atoms with Crippen molar-refractivity contribution < 1.29 is 4.79 Å². The van der Waals surface area contributed by atoms with Gasteiger partial charge in [0, 0.05) is 6.42 Å². The minimum atomic E-state index is -0.138. The van der Waals surface area contributed by atoms with Crippen LogP contribution >= 0.6 is 0 Å². The van der Waals surface area contributed by atoms with Crippen LogP contribution in [0.15, 0.2) is 0 Å². The van der Waals surface area contributed by atoms with Gasteiger partial charge in [-0.25, -0.2) is 0 Å². The van der Waals surface area contributed by atoms with Crippen molar-refractivity contribution in [3.63, 3.8) is 0 Å². The number of rotatable bonds is 4. The molecule has 11 heavy (non-hydrogen) atoms. The summed E-state index contributed by atoms with van der Waals surface area (Å²) in [5, 5.41) is 0. The Morgan fingerprint density at radius 3 is 2.64 bits per heavy atom. The molecule has 0 bridgehead atoms. The van der Waals surface area contributed by atoms with Crippen molar-refractivity contribution in [2.75, 3.05) is 0 Å². The molecule has 2 nitrogen and oxygen atoms in total. The third kappa shape index (κ3) is 2.91. The Morgan fingerprint density at radius 1 is 1.55 bits per heavy atom. The van der Waals surface area contributed by atoms with Gasteiger partial charge in [0.2, 0.25) is 5.91 Å². The van der Waals surface area contributed by atoms with Crippen molar-refractivity contribution in [2.45, 2.75) is 33.1 Å². The predicted octanol–water partition coefficient (Wildman–Crippen LogP) is 1.54. The van der Waals surface area contributed by atoms with Gasteiger partial charge in [-0.3, -0.25) is 4.79 Å². The van der Waals surface area contributed by atoms with Gasteiger partial charge in [0.25, 0.3) is 0 Å². The molecule has 0 aromatic rings. The topological polar surface area (TPSA) is 43.1 Å². The van der Waals surface area contributed by atoms with Crippen LogP contribution in [0.25, 0.3) is 0 Å². The van der Waals surface area contributed by atoms with E-state index in [2.05, 4.69) is 13.8 Å². The van der Waals surface area contributed by atoms with Crippen LogP contribution in [0.3, 0.4) is 0 Å². The number of carbonyl (C=O) groups is 1. The Labute approximate surface area is 68.2 Å². The molecule has 1 amide bonds. The summed E-state index contributed by atoms with van der Waals surface area (Å²) < 4.78 is 0. The smallest absolute Gasteiger partial charge is 0.217 e. The van der Waals surface area contributed by atoms with Gasteiger partial charge < -0.3 is 5.73 Å². The lowest BCUT2D eigenvalue weighted by Gasteiger charge is -2.01. The molecule has 1 saturated carbocycles. The molecular weight excluding hydrogens is 138 g/mol. The van der Waals surface area contributed by atoms with Crippen molar-refractivity contribution in [3.8, 4) is 0 Å².